The molecule has 23 heavy (non-hydrogen) atoms. The molecule has 1 aliphatic heterocycles. The van der Waals surface area contributed by atoms with E-state index in [4.69, 9.17) is 9.84 Å². The highest BCUT2D eigenvalue weighted by Crippen LogP contribution is 2.30. The Bertz CT molecular complexity index is 553. The predicted octanol–water partition coefficient (Wildman–Crippen LogP) is 1.44. The highest BCUT2D eigenvalue weighted by atomic mass is 19.1. The normalized spacial score (nSPS) is 21.8. The molecule has 0 radical (unpaired) electrons. The number of hydrogen-bond acceptors (Lipinski definition) is 6. The lowest BCUT2D eigenvalue weighted by Crippen LogP contribution is -2.47. The predicted molar refractivity (Wildman–Crippen MR) is 87.6 cm³/mol. The Morgan fingerprint density at radius 2 is 2.39 bits per heavy atom. The standard InChI is InChI=1S/C16H25FN4O2/c1-4-13(17)20-14-10-23-16(18-3)12-8-11(6-7-22)9-19-15(12)21(14)5-2/h4,8-9,14,16,18,20,22H,5-7,10H2,1-3H3/b13-4-. The summed E-state index contributed by atoms with van der Waals surface area (Å²) in [5.74, 6) is 0.367. The molecule has 0 aliphatic carbocycles. The second-order valence-corrected chi connectivity index (χ2v) is 5.31. The summed E-state index contributed by atoms with van der Waals surface area (Å²) >= 11 is 0. The third kappa shape index (κ3) is 3.99. The molecule has 1 aliphatic rings. The second kappa shape index (κ2) is 8.24. The van der Waals surface area contributed by atoms with Gasteiger partial charge in [0, 0.05) is 24.9 Å². The topological polar surface area (TPSA) is 69.6 Å². The lowest BCUT2D eigenvalue weighted by atomic mass is 10.1. The van der Waals surface area contributed by atoms with Crippen molar-refractivity contribution in [3.05, 3.63) is 35.4 Å². The zero-order valence-electron chi connectivity index (χ0n) is 13.8. The van der Waals surface area contributed by atoms with Gasteiger partial charge in [-0.05, 0) is 45.0 Å². The first-order valence-electron chi connectivity index (χ1n) is 7.88. The number of rotatable bonds is 6. The summed E-state index contributed by atoms with van der Waals surface area (Å²) in [6.45, 7) is 4.68. The number of anilines is 1. The molecular formula is C16H25FN4O2. The molecule has 2 atom stereocenters. The van der Waals surface area contributed by atoms with Crippen molar-refractivity contribution in [3.8, 4) is 0 Å². The number of hydrogen-bond donors (Lipinski definition) is 3. The Hall–Kier alpha value is -1.70. The van der Waals surface area contributed by atoms with Crippen LogP contribution in [0.25, 0.3) is 0 Å². The summed E-state index contributed by atoms with van der Waals surface area (Å²) in [7, 11) is 1.81. The van der Waals surface area contributed by atoms with Crippen LogP contribution in [0.1, 0.15) is 31.2 Å². The zero-order valence-corrected chi connectivity index (χ0v) is 13.8. The van der Waals surface area contributed by atoms with Crippen LogP contribution in [0.2, 0.25) is 0 Å². The van der Waals surface area contributed by atoms with Gasteiger partial charge in [0.05, 0.1) is 6.61 Å². The van der Waals surface area contributed by atoms with Crippen LogP contribution in [-0.2, 0) is 11.2 Å². The van der Waals surface area contributed by atoms with Crippen molar-refractivity contribution in [2.24, 2.45) is 0 Å². The summed E-state index contributed by atoms with van der Waals surface area (Å²) in [4.78, 5) is 6.53. The number of aliphatic hydroxyl groups is 1. The highest BCUT2D eigenvalue weighted by molar-refractivity contribution is 5.51. The number of pyridine rings is 1. The maximum Gasteiger partial charge on any atom is 0.184 e. The van der Waals surface area contributed by atoms with E-state index in [9.17, 15) is 4.39 Å². The Morgan fingerprint density at radius 3 is 3.00 bits per heavy atom. The van der Waals surface area contributed by atoms with Crippen molar-refractivity contribution in [2.75, 3.05) is 31.7 Å². The van der Waals surface area contributed by atoms with Crippen LogP contribution < -0.4 is 15.5 Å². The van der Waals surface area contributed by atoms with E-state index in [0.717, 1.165) is 16.9 Å². The van der Waals surface area contributed by atoms with Crippen LogP contribution in [0.4, 0.5) is 10.2 Å². The molecule has 0 saturated heterocycles. The van der Waals surface area contributed by atoms with Gasteiger partial charge in [-0.15, -0.1) is 0 Å². The van der Waals surface area contributed by atoms with E-state index in [-0.39, 0.29) is 19.0 Å². The number of allylic oxidation sites excluding steroid dienone is 1. The summed E-state index contributed by atoms with van der Waals surface area (Å²) < 4.78 is 19.6. The molecule has 128 valence electrons. The lowest BCUT2D eigenvalue weighted by Gasteiger charge is -2.30. The molecular weight excluding hydrogens is 299 g/mol. The number of nitrogens with one attached hydrogen (secondary N) is 2. The molecule has 0 saturated carbocycles. The zero-order chi connectivity index (χ0) is 16.8. The van der Waals surface area contributed by atoms with E-state index >= 15 is 0 Å². The van der Waals surface area contributed by atoms with Crippen LogP contribution in [0, 0.1) is 0 Å². The van der Waals surface area contributed by atoms with Crippen molar-refractivity contribution in [1.29, 1.82) is 0 Å². The molecule has 0 aromatic carbocycles. The summed E-state index contributed by atoms with van der Waals surface area (Å²) in [5.41, 5.74) is 1.84. The average Bonchev–Trinajstić information content (AvgIpc) is 2.71. The first-order valence-corrected chi connectivity index (χ1v) is 7.88. The van der Waals surface area contributed by atoms with E-state index in [2.05, 4.69) is 15.6 Å². The lowest BCUT2D eigenvalue weighted by molar-refractivity contribution is 0.0263. The van der Waals surface area contributed by atoms with Gasteiger partial charge in [-0.1, -0.05) is 0 Å². The smallest absolute Gasteiger partial charge is 0.184 e. The summed E-state index contributed by atoms with van der Waals surface area (Å²) in [6.07, 6.45) is 3.00. The monoisotopic (exact) mass is 324 g/mol. The van der Waals surface area contributed by atoms with E-state index in [1.165, 1.54) is 6.08 Å². The minimum atomic E-state index is -0.390. The van der Waals surface area contributed by atoms with Crippen LogP contribution in [0.5, 0.6) is 0 Å². The van der Waals surface area contributed by atoms with Gasteiger partial charge in [0.15, 0.2) is 5.95 Å². The van der Waals surface area contributed by atoms with Crippen LogP contribution >= 0.6 is 0 Å². The second-order valence-electron chi connectivity index (χ2n) is 5.31. The summed E-state index contributed by atoms with van der Waals surface area (Å²) in [5, 5.41) is 15.1. The molecule has 3 N–H and O–H groups in total. The van der Waals surface area contributed by atoms with Gasteiger partial charge in [0.2, 0.25) is 0 Å². The molecule has 1 aromatic heterocycles. The maximum atomic E-state index is 13.7. The van der Waals surface area contributed by atoms with Gasteiger partial charge in [0.25, 0.3) is 0 Å². The maximum absolute atomic E-state index is 13.7. The molecule has 0 bridgehead atoms. The fourth-order valence-electron chi connectivity index (χ4n) is 2.70. The third-order valence-electron chi connectivity index (χ3n) is 3.86. The minimum absolute atomic E-state index is 0.0692. The Morgan fingerprint density at radius 1 is 1.61 bits per heavy atom. The Kier molecular flexibility index (Phi) is 6.32. The van der Waals surface area contributed by atoms with Crippen molar-refractivity contribution < 1.29 is 14.2 Å². The molecule has 0 amide bonds. The number of likely N-dealkylation sites (N-methyl/N-ethyl adjacent to an activating group) is 1. The fraction of sp³-hybridized carbons (Fsp3) is 0.562. The highest BCUT2D eigenvalue weighted by Gasteiger charge is 2.30. The molecule has 2 heterocycles. The largest absolute Gasteiger partial charge is 0.396 e. The van der Waals surface area contributed by atoms with Gasteiger partial charge in [-0.25, -0.2) is 4.98 Å². The molecule has 1 aromatic rings. The Labute approximate surface area is 136 Å². The van der Waals surface area contributed by atoms with Gasteiger partial charge in [-0.3, -0.25) is 5.32 Å². The number of aliphatic hydroxyl groups excluding tert-OH is 1. The average molecular weight is 324 g/mol. The van der Waals surface area contributed by atoms with Crippen molar-refractivity contribution in [3.63, 3.8) is 0 Å². The van der Waals surface area contributed by atoms with Gasteiger partial charge in [-0.2, -0.15) is 4.39 Å². The molecule has 2 rings (SSSR count). The van der Waals surface area contributed by atoms with E-state index in [1.54, 1.807) is 13.1 Å². The number of fused-ring (bicyclic) bond motifs is 1. The van der Waals surface area contributed by atoms with Crippen LogP contribution in [0.3, 0.4) is 0 Å². The van der Waals surface area contributed by atoms with Gasteiger partial charge < -0.3 is 20.1 Å². The van der Waals surface area contributed by atoms with E-state index < -0.39 is 5.95 Å². The first kappa shape index (κ1) is 17.7. The number of ether oxygens (including phenoxy) is 1. The van der Waals surface area contributed by atoms with E-state index in [0.29, 0.717) is 19.6 Å². The molecule has 6 nitrogen and oxygen atoms in total. The quantitative estimate of drug-likeness (QED) is 0.688. The van der Waals surface area contributed by atoms with Crippen molar-refractivity contribution >= 4 is 5.82 Å². The first-order chi connectivity index (χ1) is 11.1. The summed E-state index contributed by atoms with van der Waals surface area (Å²) in [6, 6.07) is 1.98. The number of nitrogens with zero attached hydrogens (tertiary/aromatic N) is 2. The van der Waals surface area contributed by atoms with Crippen LogP contribution in [-0.4, -0.2) is 43.1 Å². The SMILES string of the molecule is C/C=C(/F)NC1COC(NC)c2cc(CCO)cnc2N1CC. The molecule has 2 unspecified atom stereocenters. The van der Waals surface area contributed by atoms with E-state index in [1.807, 2.05) is 24.9 Å². The fourth-order valence-corrected chi connectivity index (χ4v) is 2.70. The molecule has 7 heteroatoms. The molecule has 0 spiro atoms. The number of halogens is 1. The van der Waals surface area contributed by atoms with Crippen LogP contribution in [0.15, 0.2) is 24.3 Å². The van der Waals surface area contributed by atoms with Gasteiger partial charge >= 0.3 is 0 Å². The minimum Gasteiger partial charge on any atom is -0.396 e. The molecule has 0 fully saturated rings. The van der Waals surface area contributed by atoms with Crippen molar-refractivity contribution in [1.82, 2.24) is 15.6 Å². The van der Waals surface area contributed by atoms with Crippen molar-refractivity contribution in [2.45, 2.75) is 32.7 Å². The Balaban J connectivity index is 2.41. The number of aromatic nitrogens is 1. The third-order valence-corrected chi connectivity index (χ3v) is 3.86. The van der Waals surface area contributed by atoms with Gasteiger partial charge in [0.1, 0.15) is 18.2 Å².